The third kappa shape index (κ3) is 2.68. The van der Waals surface area contributed by atoms with E-state index in [2.05, 4.69) is 0 Å². The summed E-state index contributed by atoms with van der Waals surface area (Å²) in [5.74, 6) is 0.110. The quantitative estimate of drug-likeness (QED) is 0.751. The van der Waals surface area contributed by atoms with Gasteiger partial charge in [-0.05, 0) is 12.5 Å². The van der Waals surface area contributed by atoms with E-state index in [9.17, 15) is 15.0 Å². The first kappa shape index (κ1) is 10.9. The molecule has 2 unspecified atom stereocenters. The van der Waals surface area contributed by atoms with E-state index in [1.807, 2.05) is 6.92 Å². The van der Waals surface area contributed by atoms with E-state index in [0.29, 0.717) is 6.42 Å². The Kier molecular flexibility index (Phi) is 3.85. The summed E-state index contributed by atoms with van der Waals surface area (Å²) < 4.78 is 4.74. The second-order valence-electron chi connectivity index (χ2n) is 3.15. The Labute approximate surface area is 81.8 Å². The van der Waals surface area contributed by atoms with Crippen LogP contribution in [0.2, 0.25) is 0 Å². The molecule has 2 atom stereocenters. The maximum atomic E-state index is 10.8. The van der Waals surface area contributed by atoms with Crippen molar-refractivity contribution < 1.29 is 14.6 Å². The molecule has 0 aromatic carbocycles. The lowest BCUT2D eigenvalue weighted by Crippen LogP contribution is -2.18. The summed E-state index contributed by atoms with van der Waals surface area (Å²) in [6.07, 6.45) is -0.774. The highest BCUT2D eigenvalue weighted by molar-refractivity contribution is 5.03. The molecule has 0 fully saturated rings. The predicted molar refractivity (Wildman–Crippen MR) is 50.9 cm³/mol. The summed E-state index contributed by atoms with van der Waals surface area (Å²) in [6.45, 7) is 1.90. The van der Waals surface area contributed by atoms with Crippen molar-refractivity contribution in [3.63, 3.8) is 0 Å². The number of hydrogen-bond acceptors (Lipinski definition) is 4. The van der Waals surface area contributed by atoms with Gasteiger partial charge in [-0.25, -0.2) is 4.79 Å². The molecule has 4 heteroatoms. The standard InChI is InChI=1S/C10H14O4/c1-2-4-7(11)10(13)8-5-3-6-9(12)14-8/h3,5-7,10-11,13H,2,4H2,1H3. The van der Waals surface area contributed by atoms with E-state index in [1.165, 1.54) is 18.2 Å². The smallest absolute Gasteiger partial charge is 0.335 e. The van der Waals surface area contributed by atoms with Gasteiger partial charge in [0.15, 0.2) is 0 Å². The van der Waals surface area contributed by atoms with Crippen LogP contribution in [-0.4, -0.2) is 16.3 Å². The minimum absolute atomic E-state index is 0.110. The van der Waals surface area contributed by atoms with E-state index in [1.54, 1.807) is 0 Å². The van der Waals surface area contributed by atoms with Gasteiger partial charge in [0.25, 0.3) is 0 Å². The molecule has 1 rings (SSSR count). The van der Waals surface area contributed by atoms with Gasteiger partial charge in [0.2, 0.25) is 0 Å². The van der Waals surface area contributed by atoms with Crippen molar-refractivity contribution in [3.05, 3.63) is 34.4 Å². The molecule has 4 nitrogen and oxygen atoms in total. The number of aliphatic hydroxyl groups is 2. The Balaban J connectivity index is 2.78. The van der Waals surface area contributed by atoms with Crippen LogP contribution in [0.3, 0.4) is 0 Å². The first-order valence-electron chi connectivity index (χ1n) is 4.61. The van der Waals surface area contributed by atoms with E-state index in [-0.39, 0.29) is 5.76 Å². The van der Waals surface area contributed by atoms with Gasteiger partial charge in [-0.15, -0.1) is 0 Å². The van der Waals surface area contributed by atoms with Crippen molar-refractivity contribution in [2.24, 2.45) is 0 Å². The van der Waals surface area contributed by atoms with Gasteiger partial charge in [-0.1, -0.05) is 19.4 Å². The molecule has 1 aromatic heterocycles. The van der Waals surface area contributed by atoms with E-state index >= 15 is 0 Å². The van der Waals surface area contributed by atoms with Crippen molar-refractivity contribution in [1.82, 2.24) is 0 Å². The lowest BCUT2D eigenvalue weighted by Gasteiger charge is -2.15. The van der Waals surface area contributed by atoms with Gasteiger partial charge in [-0.3, -0.25) is 0 Å². The molecular weight excluding hydrogens is 184 g/mol. The first-order valence-corrected chi connectivity index (χ1v) is 4.61. The van der Waals surface area contributed by atoms with Crippen LogP contribution in [0.25, 0.3) is 0 Å². The van der Waals surface area contributed by atoms with Crippen LogP contribution in [0.4, 0.5) is 0 Å². The molecule has 0 saturated carbocycles. The van der Waals surface area contributed by atoms with Crippen LogP contribution in [0.5, 0.6) is 0 Å². The van der Waals surface area contributed by atoms with Crippen molar-refractivity contribution in [3.8, 4) is 0 Å². The third-order valence-corrected chi connectivity index (χ3v) is 1.95. The fourth-order valence-corrected chi connectivity index (χ4v) is 1.21. The molecule has 14 heavy (non-hydrogen) atoms. The average molecular weight is 198 g/mol. The Hall–Kier alpha value is -1.13. The number of rotatable bonds is 4. The Morgan fingerprint density at radius 1 is 1.43 bits per heavy atom. The number of aliphatic hydroxyl groups excluding tert-OH is 2. The van der Waals surface area contributed by atoms with Crippen LogP contribution >= 0.6 is 0 Å². The van der Waals surface area contributed by atoms with Gasteiger partial charge in [0.05, 0.1) is 6.10 Å². The van der Waals surface area contributed by atoms with Crippen molar-refractivity contribution >= 4 is 0 Å². The molecule has 0 bridgehead atoms. The van der Waals surface area contributed by atoms with E-state index in [4.69, 9.17) is 4.42 Å². The zero-order valence-electron chi connectivity index (χ0n) is 8.01. The van der Waals surface area contributed by atoms with Crippen molar-refractivity contribution in [2.75, 3.05) is 0 Å². The molecule has 1 heterocycles. The minimum Gasteiger partial charge on any atom is -0.425 e. The maximum absolute atomic E-state index is 10.8. The summed E-state index contributed by atoms with van der Waals surface area (Å²) in [4.78, 5) is 10.8. The summed E-state index contributed by atoms with van der Waals surface area (Å²) in [5.41, 5.74) is -0.523. The topological polar surface area (TPSA) is 70.7 Å². The molecule has 0 amide bonds. The molecule has 0 saturated heterocycles. The van der Waals surface area contributed by atoms with Gasteiger partial charge in [0.1, 0.15) is 11.9 Å². The number of hydrogen-bond donors (Lipinski definition) is 2. The summed E-state index contributed by atoms with van der Waals surface area (Å²) >= 11 is 0. The van der Waals surface area contributed by atoms with Crippen LogP contribution in [0, 0.1) is 0 Å². The second kappa shape index (κ2) is 4.93. The van der Waals surface area contributed by atoms with Gasteiger partial charge >= 0.3 is 5.63 Å². The Morgan fingerprint density at radius 3 is 2.71 bits per heavy atom. The zero-order chi connectivity index (χ0) is 10.6. The molecule has 0 radical (unpaired) electrons. The molecular formula is C10H14O4. The predicted octanol–water partition coefficient (Wildman–Crippen LogP) is 0.834. The Bertz CT molecular complexity index is 331. The van der Waals surface area contributed by atoms with Gasteiger partial charge in [0, 0.05) is 6.07 Å². The first-order chi connectivity index (χ1) is 6.65. The largest absolute Gasteiger partial charge is 0.425 e. The monoisotopic (exact) mass is 198 g/mol. The Morgan fingerprint density at radius 2 is 2.14 bits per heavy atom. The summed E-state index contributed by atoms with van der Waals surface area (Å²) in [5, 5.41) is 19.0. The summed E-state index contributed by atoms with van der Waals surface area (Å²) in [6, 6.07) is 4.22. The van der Waals surface area contributed by atoms with Crippen LogP contribution < -0.4 is 5.63 Å². The molecule has 1 aromatic rings. The molecule has 0 aliphatic rings. The highest BCUT2D eigenvalue weighted by Gasteiger charge is 2.19. The van der Waals surface area contributed by atoms with Gasteiger partial charge < -0.3 is 14.6 Å². The third-order valence-electron chi connectivity index (χ3n) is 1.95. The lowest BCUT2D eigenvalue weighted by atomic mass is 10.1. The fraction of sp³-hybridized carbons (Fsp3) is 0.500. The van der Waals surface area contributed by atoms with Crippen LogP contribution in [-0.2, 0) is 0 Å². The minimum atomic E-state index is -1.12. The average Bonchev–Trinajstić information content (AvgIpc) is 2.17. The van der Waals surface area contributed by atoms with Crippen LogP contribution in [0.1, 0.15) is 31.6 Å². The van der Waals surface area contributed by atoms with Gasteiger partial charge in [-0.2, -0.15) is 0 Å². The molecule has 78 valence electrons. The molecule has 0 spiro atoms. The SMILES string of the molecule is CCCC(O)C(O)c1cccc(=O)o1. The molecule has 0 aliphatic carbocycles. The van der Waals surface area contributed by atoms with Crippen LogP contribution in [0.15, 0.2) is 27.4 Å². The highest BCUT2D eigenvalue weighted by Crippen LogP contribution is 2.17. The molecule has 0 aliphatic heterocycles. The fourth-order valence-electron chi connectivity index (χ4n) is 1.21. The maximum Gasteiger partial charge on any atom is 0.335 e. The highest BCUT2D eigenvalue weighted by atomic mass is 16.4. The zero-order valence-corrected chi connectivity index (χ0v) is 8.01. The second-order valence-corrected chi connectivity index (χ2v) is 3.15. The normalized spacial score (nSPS) is 15.1. The van der Waals surface area contributed by atoms with E-state index in [0.717, 1.165) is 6.42 Å². The summed E-state index contributed by atoms with van der Waals surface area (Å²) in [7, 11) is 0. The van der Waals surface area contributed by atoms with Crippen molar-refractivity contribution in [1.29, 1.82) is 0 Å². The lowest BCUT2D eigenvalue weighted by molar-refractivity contribution is -0.00104. The molecule has 2 N–H and O–H groups in total. The van der Waals surface area contributed by atoms with E-state index < -0.39 is 17.8 Å². The van der Waals surface area contributed by atoms with Crippen molar-refractivity contribution in [2.45, 2.75) is 32.0 Å².